The highest BCUT2D eigenvalue weighted by Gasteiger charge is 2.09. The van der Waals surface area contributed by atoms with Crippen molar-refractivity contribution in [3.8, 4) is 0 Å². The summed E-state index contributed by atoms with van der Waals surface area (Å²) < 4.78 is 0. The molecule has 0 saturated carbocycles. The van der Waals surface area contributed by atoms with Gasteiger partial charge in [-0.05, 0) is 35.6 Å². The Morgan fingerprint density at radius 2 is 1.89 bits per heavy atom. The van der Waals surface area contributed by atoms with Crippen LogP contribution < -0.4 is 0 Å². The largest absolute Gasteiger partial charge is 0.0988 e. The van der Waals surface area contributed by atoms with E-state index in [0.29, 0.717) is 0 Å². The standard InChI is InChI=1S/C16H16.C2H6/c1-3-8-15-13(4-2)10-7-11-14-9-5-6-12-16(14)15;1-2/h3-9,11-12H,2,10H2,1H3;1-2H3/b8-3-;. The third-order valence-corrected chi connectivity index (χ3v) is 2.81. The molecular formula is C18H22. The minimum Gasteiger partial charge on any atom is -0.0988 e. The molecule has 94 valence electrons. The number of fused-ring (bicyclic) bond motifs is 1. The molecule has 0 aliphatic heterocycles. The Kier molecular flexibility index (Phi) is 5.93. The maximum Gasteiger partial charge on any atom is -0.00882 e. The second-order valence-corrected chi connectivity index (χ2v) is 3.84. The molecule has 0 amide bonds. The van der Waals surface area contributed by atoms with Crippen LogP contribution in [0.5, 0.6) is 0 Å². The van der Waals surface area contributed by atoms with Crippen molar-refractivity contribution in [3.63, 3.8) is 0 Å². The summed E-state index contributed by atoms with van der Waals surface area (Å²) in [5.74, 6) is 0. The molecule has 1 aromatic carbocycles. The van der Waals surface area contributed by atoms with Gasteiger partial charge >= 0.3 is 0 Å². The molecule has 0 spiro atoms. The third kappa shape index (κ3) is 3.10. The van der Waals surface area contributed by atoms with Gasteiger partial charge in [0.1, 0.15) is 0 Å². The van der Waals surface area contributed by atoms with Gasteiger partial charge in [-0.1, -0.05) is 75.1 Å². The van der Waals surface area contributed by atoms with Gasteiger partial charge in [0.2, 0.25) is 0 Å². The van der Waals surface area contributed by atoms with Gasteiger partial charge in [0.15, 0.2) is 0 Å². The molecule has 0 saturated heterocycles. The van der Waals surface area contributed by atoms with Gasteiger partial charge < -0.3 is 0 Å². The third-order valence-electron chi connectivity index (χ3n) is 2.81. The van der Waals surface area contributed by atoms with Gasteiger partial charge in [-0.3, -0.25) is 0 Å². The van der Waals surface area contributed by atoms with Crippen LogP contribution in [0.2, 0.25) is 0 Å². The summed E-state index contributed by atoms with van der Waals surface area (Å²) in [6, 6.07) is 8.49. The maximum atomic E-state index is 3.91. The summed E-state index contributed by atoms with van der Waals surface area (Å²) >= 11 is 0. The second kappa shape index (κ2) is 7.50. The Labute approximate surface area is 111 Å². The summed E-state index contributed by atoms with van der Waals surface area (Å²) in [4.78, 5) is 0. The van der Waals surface area contributed by atoms with E-state index in [-0.39, 0.29) is 0 Å². The van der Waals surface area contributed by atoms with Gasteiger partial charge in [0, 0.05) is 0 Å². The lowest BCUT2D eigenvalue weighted by Crippen LogP contribution is -1.88. The van der Waals surface area contributed by atoms with Crippen molar-refractivity contribution in [3.05, 3.63) is 71.8 Å². The Hall–Kier alpha value is -1.82. The van der Waals surface area contributed by atoms with Crippen molar-refractivity contribution in [2.24, 2.45) is 0 Å². The zero-order valence-electron chi connectivity index (χ0n) is 11.6. The van der Waals surface area contributed by atoms with E-state index in [1.165, 1.54) is 22.3 Å². The molecule has 0 heteroatoms. The van der Waals surface area contributed by atoms with Crippen LogP contribution in [0.25, 0.3) is 11.6 Å². The van der Waals surface area contributed by atoms with Crippen molar-refractivity contribution in [2.45, 2.75) is 27.2 Å². The summed E-state index contributed by atoms with van der Waals surface area (Å²) in [5.41, 5.74) is 5.16. The van der Waals surface area contributed by atoms with E-state index >= 15 is 0 Å². The summed E-state index contributed by atoms with van der Waals surface area (Å²) in [6.45, 7) is 9.96. The van der Waals surface area contributed by atoms with Crippen molar-refractivity contribution in [2.75, 3.05) is 0 Å². The molecular weight excluding hydrogens is 216 g/mol. The smallest absolute Gasteiger partial charge is 0.00882 e. The van der Waals surface area contributed by atoms with Crippen LogP contribution in [0.1, 0.15) is 38.3 Å². The molecule has 0 aromatic heterocycles. The SMILES string of the molecule is C=CC1=C(/C=C\C)c2ccccc2C=CC1.CC. The molecule has 18 heavy (non-hydrogen) atoms. The maximum absolute atomic E-state index is 3.91. The molecule has 0 atom stereocenters. The van der Waals surface area contributed by atoms with E-state index in [1.807, 2.05) is 19.9 Å². The highest BCUT2D eigenvalue weighted by Crippen LogP contribution is 2.30. The molecule has 1 aliphatic rings. The number of hydrogen-bond acceptors (Lipinski definition) is 0. The molecule has 0 heterocycles. The lowest BCUT2D eigenvalue weighted by atomic mass is 9.96. The fourth-order valence-corrected chi connectivity index (χ4v) is 2.04. The number of rotatable bonds is 2. The predicted octanol–water partition coefficient (Wildman–Crippen LogP) is 5.65. The van der Waals surface area contributed by atoms with Gasteiger partial charge in [0.25, 0.3) is 0 Å². The Bertz CT molecular complexity index is 485. The van der Waals surface area contributed by atoms with Gasteiger partial charge in [-0.25, -0.2) is 0 Å². The van der Waals surface area contributed by atoms with Crippen molar-refractivity contribution < 1.29 is 0 Å². The summed E-state index contributed by atoms with van der Waals surface area (Å²) in [6.07, 6.45) is 11.6. The van der Waals surface area contributed by atoms with Crippen LogP contribution in [0.3, 0.4) is 0 Å². The minimum absolute atomic E-state index is 0.956. The molecule has 0 N–H and O–H groups in total. The summed E-state index contributed by atoms with van der Waals surface area (Å²) in [7, 11) is 0. The molecule has 2 rings (SSSR count). The molecule has 0 radical (unpaired) electrons. The van der Waals surface area contributed by atoms with Crippen LogP contribution in [0, 0.1) is 0 Å². The van der Waals surface area contributed by atoms with Gasteiger partial charge in [-0.15, -0.1) is 0 Å². The molecule has 0 nitrogen and oxygen atoms in total. The number of benzene rings is 1. The van der Waals surface area contributed by atoms with Crippen molar-refractivity contribution >= 4 is 11.6 Å². The van der Waals surface area contributed by atoms with Crippen LogP contribution in [0.4, 0.5) is 0 Å². The minimum atomic E-state index is 0.956. The predicted molar refractivity (Wildman–Crippen MR) is 83.4 cm³/mol. The first-order valence-corrected chi connectivity index (χ1v) is 6.61. The highest BCUT2D eigenvalue weighted by molar-refractivity contribution is 5.84. The molecule has 0 fully saturated rings. The molecule has 1 aromatic rings. The Morgan fingerprint density at radius 1 is 1.17 bits per heavy atom. The average Bonchev–Trinajstić information content (AvgIpc) is 2.61. The highest BCUT2D eigenvalue weighted by atomic mass is 14.1. The van der Waals surface area contributed by atoms with Crippen LogP contribution in [-0.2, 0) is 0 Å². The first-order valence-electron chi connectivity index (χ1n) is 6.61. The normalized spacial score (nSPS) is 13.7. The molecule has 0 bridgehead atoms. The Morgan fingerprint density at radius 3 is 2.56 bits per heavy atom. The quantitative estimate of drug-likeness (QED) is 0.625. The monoisotopic (exact) mass is 238 g/mol. The number of allylic oxidation sites excluding steroid dienone is 6. The Balaban J connectivity index is 0.000000771. The average molecular weight is 238 g/mol. The van der Waals surface area contributed by atoms with Crippen molar-refractivity contribution in [1.82, 2.24) is 0 Å². The van der Waals surface area contributed by atoms with Gasteiger partial charge in [0.05, 0.1) is 0 Å². The van der Waals surface area contributed by atoms with E-state index in [9.17, 15) is 0 Å². The van der Waals surface area contributed by atoms with Crippen molar-refractivity contribution in [1.29, 1.82) is 0 Å². The second-order valence-electron chi connectivity index (χ2n) is 3.84. The topological polar surface area (TPSA) is 0 Å². The van der Waals surface area contributed by atoms with E-state index in [2.05, 4.69) is 62.1 Å². The van der Waals surface area contributed by atoms with E-state index in [4.69, 9.17) is 0 Å². The van der Waals surface area contributed by atoms with Crippen LogP contribution in [-0.4, -0.2) is 0 Å². The summed E-state index contributed by atoms with van der Waals surface area (Å²) in [5, 5.41) is 0. The number of hydrogen-bond donors (Lipinski definition) is 0. The van der Waals surface area contributed by atoms with E-state index < -0.39 is 0 Å². The first kappa shape index (κ1) is 14.2. The van der Waals surface area contributed by atoms with E-state index in [0.717, 1.165) is 6.42 Å². The molecule has 0 unspecified atom stereocenters. The van der Waals surface area contributed by atoms with E-state index in [1.54, 1.807) is 0 Å². The first-order chi connectivity index (χ1) is 8.86. The van der Waals surface area contributed by atoms with Gasteiger partial charge in [-0.2, -0.15) is 0 Å². The lowest BCUT2D eigenvalue weighted by Gasteiger charge is -2.08. The van der Waals surface area contributed by atoms with Crippen LogP contribution in [0.15, 0.2) is 60.7 Å². The molecule has 1 aliphatic carbocycles. The zero-order valence-corrected chi connectivity index (χ0v) is 11.6. The fraction of sp³-hybridized carbons (Fsp3) is 0.222. The lowest BCUT2D eigenvalue weighted by molar-refractivity contribution is 1.31. The van der Waals surface area contributed by atoms with Crippen LogP contribution >= 0.6 is 0 Å². The zero-order chi connectivity index (χ0) is 13.4. The fourth-order valence-electron chi connectivity index (χ4n) is 2.04.